The number of ketones is 1. The lowest BCUT2D eigenvalue weighted by atomic mass is 9.77. The Balaban J connectivity index is 2.07. The van der Waals surface area contributed by atoms with Gasteiger partial charge in [-0.25, -0.2) is 0 Å². The summed E-state index contributed by atoms with van der Waals surface area (Å²) < 4.78 is 5.16. The molecule has 1 N–H and O–H groups in total. The minimum atomic E-state index is 0.0858. The van der Waals surface area contributed by atoms with Crippen LogP contribution >= 0.6 is 0 Å². The second kappa shape index (κ2) is 5.53. The number of hydrogen-bond acceptors (Lipinski definition) is 3. The monoisotopic (exact) mass is 247 g/mol. The Hall–Kier alpha value is -1.35. The molecule has 2 rings (SSSR count). The van der Waals surface area contributed by atoms with E-state index in [1.807, 2.05) is 19.2 Å². The van der Waals surface area contributed by atoms with Crippen molar-refractivity contribution in [2.75, 3.05) is 14.2 Å². The molecular weight excluding hydrogens is 226 g/mol. The summed E-state index contributed by atoms with van der Waals surface area (Å²) in [6.07, 6.45) is 4.26. The van der Waals surface area contributed by atoms with Crippen molar-refractivity contribution in [1.82, 2.24) is 5.32 Å². The van der Waals surface area contributed by atoms with Crippen LogP contribution in [0, 0.1) is 0 Å². The quantitative estimate of drug-likeness (QED) is 0.887. The highest BCUT2D eigenvalue weighted by Gasteiger charge is 2.33. The maximum atomic E-state index is 11.4. The topological polar surface area (TPSA) is 38.3 Å². The zero-order chi connectivity index (χ0) is 13.0. The number of carbonyl (C=O) groups excluding carboxylic acids is 1. The average molecular weight is 247 g/mol. The second-order valence-corrected chi connectivity index (χ2v) is 5.09. The Labute approximate surface area is 109 Å². The first-order chi connectivity index (χ1) is 8.67. The molecule has 0 heterocycles. The van der Waals surface area contributed by atoms with Crippen LogP contribution in [0.2, 0.25) is 0 Å². The normalized spacial score (nSPS) is 18.7. The smallest absolute Gasteiger partial charge is 0.133 e. The average Bonchev–Trinajstić information content (AvgIpc) is 2.43. The summed E-state index contributed by atoms with van der Waals surface area (Å²) in [6.45, 7) is 0. The molecule has 3 heteroatoms. The van der Waals surface area contributed by atoms with E-state index >= 15 is 0 Å². The van der Waals surface area contributed by atoms with Gasteiger partial charge in [-0.2, -0.15) is 0 Å². The lowest BCUT2D eigenvalue weighted by molar-refractivity contribution is -0.121. The number of carbonyl (C=O) groups is 1. The van der Waals surface area contributed by atoms with E-state index in [0.29, 0.717) is 18.6 Å². The highest BCUT2D eigenvalue weighted by Crippen LogP contribution is 2.30. The number of methoxy groups -OCH3 is 1. The fraction of sp³-hybridized carbons (Fsp3) is 0.533. The summed E-state index contributed by atoms with van der Waals surface area (Å²) in [6, 6.07) is 8.20. The van der Waals surface area contributed by atoms with Crippen molar-refractivity contribution < 1.29 is 9.53 Å². The molecule has 18 heavy (non-hydrogen) atoms. The molecule has 1 aromatic carbocycles. The van der Waals surface area contributed by atoms with Crippen LogP contribution in [0.25, 0.3) is 0 Å². The third-order valence-corrected chi connectivity index (χ3v) is 4.00. The SMILES string of the molecule is CNC1(Cc2ccc(OC)cc2)CCC(=O)CC1. The highest BCUT2D eigenvalue weighted by atomic mass is 16.5. The second-order valence-electron chi connectivity index (χ2n) is 5.09. The van der Waals surface area contributed by atoms with Gasteiger partial charge in [-0.1, -0.05) is 12.1 Å². The summed E-state index contributed by atoms with van der Waals surface area (Å²) in [5.41, 5.74) is 1.38. The molecule has 0 amide bonds. The minimum absolute atomic E-state index is 0.0858. The van der Waals surface area contributed by atoms with E-state index in [9.17, 15) is 4.79 Å². The van der Waals surface area contributed by atoms with Crippen LogP contribution in [0.15, 0.2) is 24.3 Å². The van der Waals surface area contributed by atoms with Crippen LogP contribution in [0.1, 0.15) is 31.2 Å². The standard InChI is InChI=1S/C15H21NO2/c1-16-15(9-7-13(17)8-10-15)11-12-3-5-14(18-2)6-4-12/h3-6,16H,7-11H2,1-2H3. The van der Waals surface area contributed by atoms with E-state index < -0.39 is 0 Å². The van der Waals surface area contributed by atoms with Gasteiger partial charge in [0.2, 0.25) is 0 Å². The third kappa shape index (κ3) is 2.91. The summed E-state index contributed by atoms with van der Waals surface area (Å²) in [4.78, 5) is 11.4. The summed E-state index contributed by atoms with van der Waals surface area (Å²) in [5, 5.41) is 3.43. The molecule has 0 saturated heterocycles. The third-order valence-electron chi connectivity index (χ3n) is 4.00. The summed E-state index contributed by atoms with van der Waals surface area (Å²) >= 11 is 0. The number of rotatable bonds is 4. The first kappa shape index (κ1) is 13.1. The molecule has 0 spiro atoms. The molecule has 3 nitrogen and oxygen atoms in total. The first-order valence-electron chi connectivity index (χ1n) is 6.51. The van der Waals surface area contributed by atoms with Crippen molar-refractivity contribution in [1.29, 1.82) is 0 Å². The van der Waals surface area contributed by atoms with Crippen molar-refractivity contribution >= 4 is 5.78 Å². The molecule has 0 aliphatic heterocycles. The molecule has 1 aliphatic carbocycles. The lowest BCUT2D eigenvalue weighted by Crippen LogP contribution is -2.47. The molecule has 98 valence electrons. The van der Waals surface area contributed by atoms with Gasteiger partial charge in [-0.15, -0.1) is 0 Å². The van der Waals surface area contributed by atoms with E-state index in [2.05, 4.69) is 17.4 Å². The number of hydrogen-bond donors (Lipinski definition) is 1. The van der Waals surface area contributed by atoms with Gasteiger partial charge in [0, 0.05) is 18.4 Å². The first-order valence-corrected chi connectivity index (χ1v) is 6.51. The molecular formula is C15H21NO2. The van der Waals surface area contributed by atoms with E-state index in [0.717, 1.165) is 25.0 Å². The van der Waals surface area contributed by atoms with Crippen molar-refractivity contribution in [2.24, 2.45) is 0 Å². The molecule has 0 aromatic heterocycles. The molecule has 0 radical (unpaired) electrons. The van der Waals surface area contributed by atoms with Gasteiger partial charge in [0.25, 0.3) is 0 Å². The van der Waals surface area contributed by atoms with Crippen molar-refractivity contribution in [2.45, 2.75) is 37.6 Å². The molecule has 1 aliphatic rings. The Morgan fingerprint density at radius 1 is 1.22 bits per heavy atom. The molecule has 1 aromatic rings. The van der Waals surface area contributed by atoms with Gasteiger partial charge in [-0.3, -0.25) is 4.79 Å². The number of benzene rings is 1. The van der Waals surface area contributed by atoms with Crippen LogP contribution in [0.3, 0.4) is 0 Å². The van der Waals surface area contributed by atoms with Crippen LogP contribution in [-0.2, 0) is 11.2 Å². The van der Waals surface area contributed by atoms with Crippen LogP contribution < -0.4 is 10.1 Å². The van der Waals surface area contributed by atoms with Crippen molar-refractivity contribution in [3.63, 3.8) is 0 Å². The summed E-state index contributed by atoms with van der Waals surface area (Å²) in [7, 11) is 3.68. The number of ether oxygens (including phenoxy) is 1. The van der Waals surface area contributed by atoms with Gasteiger partial charge in [0.05, 0.1) is 7.11 Å². The largest absolute Gasteiger partial charge is 0.497 e. The van der Waals surface area contributed by atoms with Crippen molar-refractivity contribution in [3.8, 4) is 5.75 Å². The van der Waals surface area contributed by atoms with Gasteiger partial charge in [0.15, 0.2) is 0 Å². The maximum Gasteiger partial charge on any atom is 0.133 e. The Morgan fingerprint density at radius 2 is 1.83 bits per heavy atom. The highest BCUT2D eigenvalue weighted by molar-refractivity contribution is 5.79. The predicted molar refractivity (Wildman–Crippen MR) is 72.0 cm³/mol. The molecule has 1 fully saturated rings. The fourth-order valence-electron chi connectivity index (χ4n) is 2.66. The van der Waals surface area contributed by atoms with Crippen LogP contribution in [-0.4, -0.2) is 25.5 Å². The predicted octanol–water partition coefficient (Wildman–Crippen LogP) is 2.34. The Bertz CT molecular complexity index is 401. The van der Waals surface area contributed by atoms with E-state index in [4.69, 9.17) is 4.74 Å². The molecule has 0 bridgehead atoms. The van der Waals surface area contributed by atoms with Gasteiger partial charge >= 0.3 is 0 Å². The van der Waals surface area contributed by atoms with E-state index in [-0.39, 0.29) is 5.54 Å². The summed E-state index contributed by atoms with van der Waals surface area (Å²) in [5.74, 6) is 1.28. The van der Waals surface area contributed by atoms with Gasteiger partial charge in [0.1, 0.15) is 11.5 Å². The Morgan fingerprint density at radius 3 is 2.33 bits per heavy atom. The number of likely N-dealkylation sites (N-methyl/N-ethyl adjacent to an activating group) is 1. The number of Topliss-reactive ketones (excluding diaryl/α,β-unsaturated/α-hetero) is 1. The molecule has 0 atom stereocenters. The van der Waals surface area contributed by atoms with Crippen LogP contribution in [0.5, 0.6) is 5.75 Å². The fourth-order valence-corrected chi connectivity index (χ4v) is 2.66. The van der Waals surface area contributed by atoms with E-state index in [1.165, 1.54) is 5.56 Å². The van der Waals surface area contributed by atoms with Crippen molar-refractivity contribution in [3.05, 3.63) is 29.8 Å². The maximum absolute atomic E-state index is 11.4. The van der Waals surface area contributed by atoms with Crippen LogP contribution in [0.4, 0.5) is 0 Å². The van der Waals surface area contributed by atoms with E-state index in [1.54, 1.807) is 7.11 Å². The van der Waals surface area contributed by atoms with Gasteiger partial charge < -0.3 is 10.1 Å². The zero-order valence-electron chi connectivity index (χ0n) is 11.2. The minimum Gasteiger partial charge on any atom is -0.497 e. The Kier molecular flexibility index (Phi) is 4.02. The van der Waals surface area contributed by atoms with Gasteiger partial charge in [-0.05, 0) is 44.0 Å². The lowest BCUT2D eigenvalue weighted by Gasteiger charge is -2.37. The molecule has 0 unspecified atom stereocenters. The number of nitrogens with one attached hydrogen (secondary N) is 1. The zero-order valence-corrected chi connectivity index (χ0v) is 11.2. The molecule has 1 saturated carbocycles.